The Labute approximate surface area is 74.6 Å². The van der Waals surface area contributed by atoms with Gasteiger partial charge in [-0.05, 0) is 18.6 Å². The molecule has 0 saturated carbocycles. The number of aromatic nitrogens is 1. The molecule has 13 heavy (non-hydrogen) atoms. The summed E-state index contributed by atoms with van der Waals surface area (Å²) < 4.78 is 28.0. The van der Waals surface area contributed by atoms with Gasteiger partial charge in [0.1, 0.15) is 11.6 Å². The fraction of sp³-hybridized carbons (Fsp3) is 0.200. The van der Waals surface area contributed by atoms with Crippen LogP contribution in [0.25, 0.3) is 10.9 Å². The highest BCUT2D eigenvalue weighted by Crippen LogP contribution is 2.24. The van der Waals surface area contributed by atoms with Crippen LogP contribution in [0.4, 0.5) is 8.78 Å². The van der Waals surface area contributed by atoms with Gasteiger partial charge in [-0.1, -0.05) is 0 Å². The van der Waals surface area contributed by atoms with Crippen LogP contribution >= 0.6 is 0 Å². The molecule has 0 saturated heterocycles. The zero-order valence-corrected chi connectivity index (χ0v) is 7.44. The van der Waals surface area contributed by atoms with E-state index in [1.165, 1.54) is 0 Å². The van der Waals surface area contributed by atoms with Crippen LogP contribution < -0.4 is 0 Å². The van der Waals surface area contributed by atoms with Gasteiger partial charge >= 0.3 is 0 Å². The monoisotopic (exact) mass is 181 g/mol. The molecule has 1 heterocycles. The molecule has 0 amide bonds. The van der Waals surface area contributed by atoms with Gasteiger partial charge in [-0.3, -0.25) is 0 Å². The van der Waals surface area contributed by atoms with Gasteiger partial charge in [0.15, 0.2) is 0 Å². The van der Waals surface area contributed by atoms with Crippen LogP contribution in [0.5, 0.6) is 0 Å². The van der Waals surface area contributed by atoms with Crippen molar-refractivity contribution in [2.75, 3.05) is 0 Å². The first-order chi connectivity index (χ1) is 6.11. The molecule has 0 bridgehead atoms. The Morgan fingerprint density at radius 1 is 1.23 bits per heavy atom. The van der Waals surface area contributed by atoms with Crippen LogP contribution in [0.1, 0.15) is 5.56 Å². The highest BCUT2D eigenvalue weighted by atomic mass is 19.1. The summed E-state index contributed by atoms with van der Waals surface area (Å²) >= 11 is 0. The molecule has 0 radical (unpaired) electrons. The molecule has 0 fully saturated rings. The minimum Gasteiger partial charge on any atom is -0.348 e. The van der Waals surface area contributed by atoms with E-state index in [0.29, 0.717) is 16.5 Å². The number of aryl methyl sites for hydroxylation is 2. The molecular weight excluding hydrogens is 172 g/mol. The van der Waals surface area contributed by atoms with Crippen LogP contribution in [0, 0.1) is 18.6 Å². The number of fused-ring (bicyclic) bond motifs is 1. The molecule has 1 aromatic heterocycles. The second-order valence-electron chi connectivity index (χ2n) is 3.15. The Balaban J connectivity index is 2.99. The van der Waals surface area contributed by atoms with Gasteiger partial charge in [0, 0.05) is 24.7 Å². The molecule has 1 nitrogen and oxygen atoms in total. The van der Waals surface area contributed by atoms with Crippen LogP contribution in [-0.2, 0) is 7.05 Å². The van der Waals surface area contributed by atoms with Crippen molar-refractivity contribution in [2.24, 2.45) is 7.05 Å². The van der Waals surface area contributed by atoms with Gasteiger partial charge in [0.05, 0.1) is 5.52 Å². The van der Waals surface area contributed by atoms with E-state index < -0.39 is 11.6 Å². The van der Waals surface area contributed by atoms with Crippen molar-refractivity contribution >= 4 is 10.9 Å². The quantitative estimate of drug-likeness (QED) is 0.589. The highest BCUT2D eigenvalue weighted by molar-refractivity contribution is 5.84. The molecule has 2 rings (SSSR count). The first kappa shape index (κ1) is 8.23. The lowest BCUT2D eigenvalue weighted by Gasteiger charge is -2.02. The van der Waals surface area contributed by atoms with Gasteiger partial charge in [-0.2, -0.15) is 0 Å². The van der Waals surface area contributed by atoms with Crippen LogP contribution in [-0.4, -0.2) is 4.57 Å². The Kier molecular flexibility index (Phi) is 1.62. The lowest BCUT2D eigenvalue weighted by atomic mass is 10.1. The van der Waals surface area contributed by atoms with E-state index in [1.54, 1.807) is 30.8 Å². The number of halogens is 2. The van der Waals surface area contributed by atoms with E-state index in [9.17, 15) is 8.78 Å². The van der Waals surface area contributed by atoms with Crippen LogP contribution in [0.2, 0.25) is 0 Å². The van der Waals surface area contributed by atoms with Gasteiger partial charge in [0.2, 0.25) is 0 Å². The zero-order chi connectivity index (χ0) is 9.59. The minimum absolute atomic E-state index is 0.457. The first-order valence-corrected chi connectivity index (χ1v) is 4.01. The summed E-state index contributed by atoms with van der Waals surface area (Å²) in [4.78, 5) is 0. The first-order valence-electron chi connectivity index (χ1n) is 4.01. The molecule has 3 heteroatoms. The summed E-state index contributed by atoms with van der Waals surface area (Å²) in [5.74, 6) is -0.998. The second kappa shape index (κ2) is 2.55. The maximum Gasteiger partial charge on any atom is 0.150 e. The summed E-state index contributed by atoms with van der Waals surface area (Å²) in [6, 6.07) is 2.65. The Morgan fingerprint density at radius 2 is 1.92 bits per heavy atom. The van der Waals surface area contributed by atoms with E-state index >= 15 is 0 Å². The standard InChI is InChI=1S/C10H9F2N/c1-6-7-3-4-13(2)10(7)9(12)5-8(6)11/h3-5H,1-2H3. The predicted octanol–water partition coefficient (Wildman–Crippen LogP) is 2.76. The second-order valence-corrected chi connectivity index (χ2v) is 3.15. The maximum atomic E-state index is 13.3. The lowest BCUT2D eigenvalue weighted by molar-refractivity contribution is 0.583. The molecule has 68 valence electrons. The third kappa shape index (κ3) is 1.03. The molecule has 0 aliphatic heterocycles. The molecule has 0 spiro atoms. The van der Waals surface area contributed by atoms with Crippen molar-refractivity contribution in [3.8, 4) is 0 Å². The zero-order valence-electron chi connectivity index (χ0n) is 7.44. The van der Waals surface area contributed by atoms with Crippen molar-refractivity contribution < 1.29 is 8.78 Å². The summed E-state index contributed by atoms with van der Waals surface area (Å²) in [6.07, 6.45) is 1.72. The number of rotatable bonds is 0. The molecule has 0 unspecified atom stereocenters. The van der Waals surface area contributed by atoms with E-state index in [4.69, 9.17) is 0 Å². The number of benzene rings is 1. The summed E-state index contributed by atoms with van der Waals surface area (Å²) in [5, 5.41) is 0.639. The number of hydrogen-bond donors (Lipinski definition) is 0. The topological polar surface area (TPSA) is 4.93 Å². The number of nitrogens with zero attached hydrogens (tertiary/aromatic N) is 1. The third-order valence-corrected chi connectivity index (χ3v) is 2.31. The molecule has 1 aromatic carbocycles. The van der Waals surface area contributed by atoms with Crippen LogP contribution in [0.3, 0.4) is 0 Å². The molecule has 0 aliphatic carbocycles. The van der Waals surface area contributed by atoms with Crippen LogP contribution in [0.15, 0.2) is 18.3 Å². The van der Waals surface area contributed by atoms with Crippen molar-refractivity contribution in [1.82, 2.24) is 4.57 Å². The number of hydrogen-bond acceptors (Lipinski definition) is 0. The Hall–Kier alpha value is -1.38. The minimum atomic E-state index is -0.509. The van der Waals surface area contributed by atoms with Gasteiger partial charge in [0.25, 0.3) is 0 Å². The predicted molar refractivity (Wildman–Crippen MR) is 47.6 cm³/mol. The van der Waals surface area contributed by atoms with Crippen molar-refractivity contribution in [3.05, 3.63) is 35.5 Å². The fourth-order valence-electron chi connectivity index (χ4n) is 1.55. The molecule has 0 atom stereocenters. The average Bonchev–Trinajstić information content (AvgIpc) is 2.44. The van der Waals surface area contributed by atoms with Gasteiger partial charge in [-0.15, -0.1) is 0 Å². The van der Waals surface area contributed by atoms with E-state index in [-0.39, 0.29) is 0 Å². The summed E-state index contributed by atoms with van der Waals surface area (Å²) in [5.41, 5.74) is 0.955. The third-order valence-electron chi connectivity index (χ3n) is 2.31. The largest absolute Gasteiger partial charge is 0.348 e. The highest BCUT2D eigenvalue weighted by Gasteiger charge is 2.10. The smallest absolute Gasteiger partial charge is 0.150 e. The average molecular weight is 181 g/mol. The fourth-order valence-corrected chi connectivity index (χ4v) is 1.55. The SMILES string of the molecule is Cc1c(F)cc(F)c2c1ccn2C. The van der Waals surface area contributed by atoms with Gasteiger partial charge in [-0.25, -0.2) is 8.78 Å². The van der Waals surface area contributed by atoms with Gasteiger partial charge < -0.3 is 4.57 Å². The molecular formula is C10H9F2N. The lowest BCUT2D eigenvalue weighted by Crippen LogP contribution is -1.92. The van der Waals surface area contributed by atoms with Crippen molar-refractivity contribution in [3.63, 3.8) is 0 Å². The van der Waals surface area contributed by atoms with E-state index in [2.05, 4.69) is 0 Å². The van der Waals surface area contributed by atoms with Crippen molar-refractivity contribution in [2.45, 2.75) is 6.92 Å². The van der Waals surface area contributed by atoms with E-state index in [0.717, 1.165) is 6.07 Å². The Morgan fingerprint density at radius 3 is 2.62 bits per heavy atom. The maximum absolute atomic E-state index is 13.3. The molecule has 2 aromatic rings. The normalized spacial score (nSPS) is 11.1. The Bertz CT molecular complexity index is 471. The van der Waals surface area contributed by atoms with E-state index in [1.807, 2.05) is 0 Å². The molecule has 0 aliphatic rings. The molecule has 0 N–H and O–H groups in total. The van der Waals surface area contributed by atoms with Crippen molar-refractivity contribution in [1.29, 1.82) is 0 Å². The summed E-state index contributed by atoms with van der Waals surface area (Å²) in [6.45, 7) is 1.65. The summed E-state index contributed by atoms with van der Waals surface area (Å²) in [7, 11) is 1.74.